The predicted octanol–water partition coefficient (Wildman–Crippen LogP) is 2.68. The van der Waals surface area contributed by atoms with Gasteiger partial charge in [-0.15, -0.1) is 17.8 Å². The van der Waals surface area contributed by atoms with Gasteiger partial charge in [0.05, 0.1) is 24.9 Å². The van der Waals surface area contributed by atoms with Crippen LogP contribution in [0.25, 0.3) is 0 Å². The molecule has 5 atom stereocenters. The van der Waals surface area contributed by atoms with Crippen LogP contribution in [0.1, 0.15) is 70.4 Å². The van der Waals surface area contributed by atoms with Crippen LogP contribution in [0.15, 0.2) is 0 Å². The number of nitrogens with zero attached hydrogens (tertiary/aromatic N) is 1. The molecule has 2 aliphatic rings. The average molecular weight is 462 g/mol. The third kappa shape index (κ3) is 4.30. The van der Waals surface area contributed by atoms with E-state index in [9.17, 15) is 19.8 Å². The molecular weight excluding hydrogens is 426 g/mol. The van der Waals surface area contributed by atoms with Crippen molar-refractivity contribution in [1.82, 2.24) is 10.3 Å². The molecule has 3 rings (SSSR count). The second-order valence-electron chi connectivity index (χ2n) is 10.8. The van der Waals surface area contributed by atoms with Gasteiger partial charge in [0.2, 0.25) is 11.8 Å². The van der Waals surface area contributed by atoms with Crippen molar-refractivity contribution >= 4 is 28.3 Å². The molecule has 0 spiro atoms. The van der Waals surface area contributed by atoms with Crippen LogP contribution in [0, 0.1) is 34.5 Å². The van der Waals surface area contributed by atoms with E-state index in [0.29, 0.717) is 18.0 Å². The first-order chi connectivity index (χ1) is 14.9. The Kier molecular flexibility index (Phi) is 6.77. The summed E-state index contributed by atoms with van der Waals surface area (Å²) in [5.41, 5.74) is -0.737. The van der Waals surface area contributed by atoms with Gasteiger partial charge in [0.15, 0.2) is 5.13 Å². The minimum atomic E-state index is -0.683. The average Bonchev–Trinajstić information content (AvgIpc) is 3.12. The van der Waals surface area contributed by atoms with Crippen LogP contribution in [0.3, 0.4) is 0 Å². The number of aliphatic hydroxyl groups excluding tert-OH is 2. The molecule has 0 unspecified atom stereocenters. The van der Waals surface area contributed by atoms with E-state index in [0.717, 1.165) is 17.0 Å². The fourth-order valence-corrected chi connectivity index (χ4v) is 6.45. The molecule has 0 radical (unpaired) electrons. The van der Waals surface area contributed by atoms with Crippen LogP contribution in [-0.4, -0.2) is 46.3 Å². The topological polar surface area (TPSA) is 112 Å². The van der Waals surface area contributed by atoms with Gasteiger partial charge in [-0.25, -0.2) is 4.98 Å². The van der Waals surface area contributed by atoms with Gasteiger partial charge in [0, 0.05) is 28.0 Å². The van der Waals surface area contributed by atoms with E-state index in [4.69, 9.17) is 11.4 Å². The molecule has 0 aromatic carbocycles. The summed E-state index contributed by atoms with van der Waals surface area (Å²) in [6.07, 6.45) is 6.83. The van der Waals surface area contributed by atoms with Crippen molar-refractivity contribution in [2.45, 2.75) is 72.3 Å². The summed E-state index contributed by atoms with van der Waals surface area (Å²) in [6.45, 7) is 9.64. The number of hydrogen-bond donors (Lipinski definition) is 4. The zero-order valence-electron chi connectivity index (χ0n) is 19.6. The Hall–Kier alpha value is -1.95. The minimum absolute atomic E-state index is 0.0340. The lowest BCUT2D eigenvalue weighted by atomic mass is 9.47. The van der Waals surface area contributed by atoms with Crippen LogP contribution < -0.4 is 10.6 Å². The Morgan fingerprint density at radius 3 is 2.62 bits per heavy atom. The zero-order valence-corrected chi connectivity index (χ0v) is 20.4. The van der Waals surface area contributed by atoms with Crippen LogP contribution >= 0.6 is 11.3 Å². The molecular formula is C24H35N3O4S. The Labute approximate surface area is 194 Å². The number of hydrogen-bond acceptors (Lipinski definition) is 6. The molecule has 4 N–H and O–H groups in total. The molecule has 2 aliphatic carbocycles. The number of fused-ring (bicyclic) bond motifs is 2. The summed E-state index contributed by atoms with van der Waals surface area (Å²) in [6, 6.07) is 0. The molecule has 1 heterocycles. The van der Waals surface area contributed by atoms with Crippen molar-refractivity contribution in [3.8, 4) is 12.3 Å². The van der Waals surface area contributed by atoms with Crippen molar-refractivity contribution < 1.29 is 19.8 Å². The summed E-state index contributed by atoms with van der Waals surface area (Å²) in [4.78, 5) is 31.0. The lowest BCUT2D eigenvalue weighted by molar-refractivity contribution is -0.144. The standard InChI is InChI=1S/C24H35N3O4S/c1-7-10-25-18(30)11-14-19-15(32-21(26-19)27-20(31)22(2,3)4)12-16-23(14,5)9-8-17(29)24(16,6)13-28/h1,14,16-17,28-29H,8-13H2,2-6H3,(H,25,30)(H,26,27,31)/t14-,16+,17-,23+,24+/m1/s1. The predicted molar refractivity (Wildman–Crippen MR) is 125 cm³/mol. The van der Waals surface area contributed by atoms with Crippen molar-refractivity contribution in [3.63, 3.8) is 0 Å². The van der Waals surface area contributed by atoms with Gasteiger partial charge in [0.25, 0.3) is 0 Å². The number of aliphatic hydroxyl groups is 2. The van der Waals surface area contributed by atoms with Gasteiger partial charge in [-0.1, -0.05) is 40.5 Å². The van der Waals surface area contributed by atoms with Gasteiger partial charge in [0.1, 0.15) is 0 Å². The van der Waals surface area contributed by atoms with Gasteiger partial charge in [-0.3, -0.25) is 9.59 Å². The molecule has 32 heavy (non-hydrogen) atoms. The van der Waals surface area contributed by atoms with E-state index >= 15 is 0 Å². The quantitative estimate of drug-likeness (QED) is 0.504. The Morgan fingerprint density at radius 2 is 2.03 bits per heavy atom. The van der Waals surface area contributed by atoms with E-state index in [1.54, 1.807) is 0 Å². The van der Waals surface area contributed by atoms with Crippen LogP contribution in [0.5, 0.6) is 0 Å². The number of aromatic nitrogens is 1. The van der Waals surface area contributed by atoms with Crippen molar-refractivity contribution in [2.75, 3.05) is 18.5 Å². The maximum atomic E-state index is 12.7. The fraction of sp³-hybridized carbons (Fsp3) is 0.708. The summed E-state index contributed by atoms with van der Waals surface area (Å²) in [5, 5.41) is 27.3. The number of carbonyl (C=O) groups excluding carboxylic acids is 2. The fourth-order valence-electron chi connectivity index (χ4n) is 5.39. The van der Waals surface area contributed by atoms with E-state index in [-0.39, 0.29) is 48.6 Å². The van der Waals surface area contributed by atoms with Crippen molar-refractivity contribution in [2.24, 2.45) is 22.2 Å². The molecule has 7 nitrogen and oxygen atoms in total. The number of nitrogens with one attached hydrogen (secondary N) is 2. The highest BCUT2D eigenvalue weighted by Gasteiger charge is 2.59. The third-order valence-electron chi connectivity index (χ3n) is 7.57. The number of rotatable bonds is 5. The normalized spacial score (nSPS) is 31.8. The lowest BCUT2D eigenvalue weighted by Crippen LogP contribution is -2.57. The molecule has 1 saturated carbocycles. The third-order valence-corrected chi connectivity index (χ3v) is 8.58. The lowest BCUT2D eigenvalue weighted by Gasteiger charge is -2.58. The Morgan fingerprint density at radius 1 is 1.34 bits per heavy atom. The second-order valence-corrected chi connectivity index (χ2v) is 11.8. The number of terminal acetylenes is 1. The van der Waals surface area contributed by atoms with Crippen molar-refractivity contribution in [1.29, 1.82) is 0 Å². The maximum absolute atomic E-state index is 12.7. The molecule has 176 valence electrons. The number of amides is 2. The summed E-state index contributed by atoms with van der Waals surface area (Å²) in [7, 11) is 0. The highest BCUT2D eigenvalue weighted by atomic mass is 32.1. The van der Waals surface area contributed by atoms with Crippen LogP contribution in [0.2, 0.25) is 0 Å². The number of carbonyl (C=O) groups is 2. The first-order valence-corrected chi connectivity index (χ1v) is 12.0. The largest absolute Gasteiger partial charge is 0.396 e. The molecule has 0 saturated heterocycles. The molecule has 2 amide bonds. The van der Waals surface area contributed by atoms with E-state index in [1.807, 2.05) is 27.7 Å². The van der Waals surface area contributed by atoms with E-state index in [2.05, 4.69) is 23.5 Å². The minimum Gasteiger partial charge on any atom is -0.396 e. The molecule has 0 aliphatic heterocycles. The highest BCUT2D eigenvalue weighted by molar-refractivity contribution is 7.15. The molecule has 1 aromatic heterocycles. The summed E-state index contributed by atoms with van der Waals surface area (Å²) < 4.78 is 0. The van der Waals surface area contributed by atoms with Gasteiger partial charge < -0.3 is 20.8 Å². The summed E-state index contributed by atoms with van der Waals surface area (Å²) >= 11 is 1.42. The molecule has 8 heteroatoms. The monoisotopic (exact) mass is 461 g/mol. The van der Waals surface area contributed by atoms with E-state index in [1.165, 1.54) is 11.3 Å². The van der Waals surface area contributed by atoms with Crippen LogP contribution in [-0.2, 0) is 16.0 Å². The van der Waals surface area contributed by atoms with Crippen LogP contribution in [0.4, 0.5) is 5.13 Å². The maximum Gasteiger partial charge on any atom is 0.231 e. The van der Waals surface area contributed by atoms with Gasteiger partial charge in [-0.2, -0.15) is 0 Å². The summed E-state index contributed by atoms with van der Waals surface area (Å²) in [5.74, 6) is 1.92. The first-order valence-electron chi connectivity index (χ1n) is 11.2. The van der Waals surface area contributed by atoms with Crippen molar-refractivity contribution in [3.05, 3.63) is 10.6 Å². The smallest absolute Gasteiger partial charge is 0.231 e. The molecule has 1 fully saturated rings. The molecule has 1 aromatic rings. The van der Waals surface area contributed by atoms with Gasteiger partial charge in [-0.05, 0) is 30.6 Å². The zero-order chi connectivity index (χ0) is 23.9. The van der Waals surface area contributed by atoms with Gasteiger partial charge >= 0.3 is 0 Å². The first kappa shape index (κ1) is 24.7. The number of thiazole rings is 1. The SMILES string of the molecule is C#CCNC(=O)C[C@@H]1c2nc(NC(=O)C(C)(C)C)sc2C[C@@H]2[C@](C)(CO)[C@H](O)CC[C@]21C. The Balaban J connectivity index is 2.04. The van der Waals surface area contributed by atoms with E-state index < -0.39 is 16.9 Å². The number of anilines is 1. The Bertz CT molecular complexity index is 931. The second kappa shape index (κ2) is 8.77. The molecule has 0 bridgehead atoms. The highest BCUT2D eigenvalue weighted by Crippen LogP contribution is 2.62.